The standard InChI is InChI=1S/C15H19N3O2S/c1-3-7-11(2)18-14(12-8-5-4-6-9-12)16-17-15(18)21-10-13(19)20/h4-6,8-9,11H,3,7,10H2,1-2H3,(H,19,20). The van der Waals surface area contributed by atoms with Crippen molar-refractivity contribution in [2.45, 2.75) is 37.9 Å². The van der Waals surface area contributed by atoms with Crippen molar-refractivity contribution >= 4 is 17.7 Å². The van der Waals surface area contributed by atoms with Crippen molar-refractivity contribution in [1.29, 1.82) is 0 Å². The molecule has 1 N–H and O–H groups in total. The third-order valence-electron chi connectivity index (χ3n) is 3.17. The molecule has 6 heteroatoms. The van der Waals surface area contributed by atoms with Crippen LogP contribution in [0.3, 0.4) is 0 Å². The highest BCUT2D eigenvalue weighted by atomic mass is 32.2. The largest absolute Gasteiger partial charge is 0.481 e. The summed E-state index contributed by atoms with van der Waals surface area (Å²) in [7, 11) is 0. The van der Waals surface area contributed by atoms with Gasteiger partial charge in [0.2, 0.25) is 0 Å². The van der Waals surface area contributed by atoms with Crippen molar-refractivity contribution in [3.63, 3.8) is 0 Å². The second-order valence-electron chi connectivity index (χ2n) is 4.86. The lowest BCUT2D eigenvalue weighted by Crippen LogP contribution is -2.09. The van der Waals surface area contributed by atoms with Crippen LogP contribution < -0.4 is 0 Å². The van der Waals surface area contributed by atoms with Crippen LogP contribution >= 0.6 is 11.8 Å². The molecule has 21 heavy (non-hydrogen) atoms. The van der Waals surface area contributed by atoms with E-state index in [1.807, 2.05) is 34.9 Å². The zero-order valence-corrected chi connectivity index (χ0v) is 13.0. The molecule has 1 atom stereocenters. The van der Waals surface area contributed by atoms with Gasteiger partial charge in [0.25, 0.3) is 0 Å². The molecule has 0 fully saturated rings. The summed E-state index contributed by atoms with van der Waals surface area (Å²) in [4.78, 5) is 10.8. The van der Waals surface area contributed by atoms with Crippen LogP contribution in [0.25, 0.3) is 11.4 Å². The summed E-state index contributed by atoms with van der Waals surface area (Å²) in [6, 6.07) is 10.1. The summed E-state index contributed by atoms with van der Waals surface area (Å²) >= 11 is 1.21. The molecule has 5 nitrogen and oxygen atoms in total. The normalized spacial score (nSPS) is 12.3. The molecular formula is C15H19N3O2S. The molecule has 2 aromatic rings. The predicted molar refractivity (Wildman–Crippen MR) is 83.4 cm³/mol. The van der Waals surface area contributed by atoms with Gasteiger partial charge in [0, 0.05) is 11.6 Å². The number of benzene rings is 1. The lowest BCUT2D eigenvalue weighted by Gasteiger charge is -2.17. The van der Waals surface area contributed by atoms with Gasteiger partial charge in [-0.05, 0) is 13.3 Å². The lowest BCUT2D eigenvalue weighted by molar-refractivity contribution is -0.133. The molecule has 0 bridgehead atoms. The second-order valence-corrected chi connectivity index (χ2v) is 5.80. The molecule has 2 rings (SSSR count). The van der Waals surface area contributed by atoms with E-state index in [0.29, 0.717) is 5.16 Å². The molecule has 0 amide bonds. The minimum absolute atomic E-state index is 0.00817. The minimum Gasteiger partial charge on any atom is -0.481 e. The Morgan fingerprint density at radius 2 is 2.05 bits per heavy atom. The molecular weight excluding hydrogens is 286 g/mol. The first-order valence-electron chi connectivity index (χ1n) is 6.98. The van der Waals surface area contributed by atoms with Crippen LogP contribution in [0.5, 0.6) is 0 Å². The SMILES string of the molecule is CCCC(C)n1c(SCC(=O)O)nnc1-c1ccccc1. The molecule has 1 heterocycles. The number of thioether (sulfide) groups is 1. The number of carbonyl (C=O) groups is 1. The Morgan fingerprint density at radius 1 is 1.33 bits per heavy atom. The number of carboxylic acid groups (broad SMARTS) is 1. The van der Waals surface area contributed by atoms with E-state index in [-0.39, 0.29) is 11.8 Å². The van der Waals surface area contributed by atoms with Gasteiger partial charge < -0.3 is 5.11 Å². The molecule has 1 aromatic carbocycles. The van der Waals surface area contributed by atoms with E-state index >= 15 is 0 Å². The van der Waals surface area contributed by atoms with Crippen LogP contribution in [0.2, 0.25) is 0 Å². The van der Waals surface area contributed by atoms with Crippen LogP contribution in [-0.4, -0.2) is 31.6 Å². The van der Waals surface area contributed by atoms with Crippen molar-refractivity contribution < 1.29 is 9.90 Å². The number of carboxylic acids is 1. The van der Waals surface area contributed by atoms with Crippen molar-refractivity contribution in [2.24, 2.45) is 0 Å². The zero-order chi connectivity index (χ0) is 15.2. The maximum absolute atomic E-state index is 10.8. The summed E-state index contributed by atoms with van der Waals surface area (Å²) in [5.41, 5.74) is 0.995. The first-order valence-corrected chi connectivity index (χ1v) is 7.97. The molecule has 0 saturated carbocycles. The molecule has 0 radical (unpaired) electrons. The van der Waals surface area contributed by atoms with Crippen molar-refractivity contribution in [2.75, 3.05) is 5.75 Å². The van der Waals surface area contributed by atoms with Gasteiger partial charge in [-0.3, -0.25) is 9.36 Å². The van der Waals surface area contributed by atoms with Crippen molar-refractivity contribution in [3.05, 3.63) is 30.3 Å². The molecule has 1 unspecified atom stereocenters. The molecule has 1 aromatic heterocycles. The topological polar surface area (TPSA) is 68.0 Å². The fraction of sp³-hybridized carbons (Fsp3) is 0.400. The average molecular weight is 305 g/mol. The number of rotatable bonds is 7. The first-order chi connectivity index (χ1) is 10.1. The number of aliphatic carboxylic acids is 1. The molecule has 0 aliphatic carbocycles. The van der Waals surface area contributed by atoms with Gasteiger partial charge in [-0.15, -0.1) is 10.2 Å². The molecule has 0 aliphatic heterocycles. The zero-order valence-electron chi connectivity index (χ0n) is 12.2. The Bertz CT molecular complexity index is 598. The highest BCUT2D eigenvalue weighted by molar-refractivity contribution is 7.99. The number of hydrogen-bond donors (Lipinski definition) is 1. The van der Waals surface area contributed by atoms with Crippen molar-refractivity contribution in [1.82, 2.24) is 14.8 Å². The molecule has 112 valence electrons. The Hall–Kier alpha value is -1.82. The van der Waals surface area contributed by atoms with E-state index in [9.17, 15) is 4.79 Å². The van der Waals surface area contributed by atoms with E-state index < -0.39 is 5.97 Å². The average Bonchev–Trinajstić information content (AvgIpc) is 2.90. The Balaban J connectivity index is 2.38. The molecule has 0 saturated heterocycles. The monoisotopic (exact) mass is 305 g/mol. The predicted octanol–water partition coefficient (Wildman–Crippen LogP) is 3.48. The summed E-state index contributed by atoms with van der Waals surface area (Å²) in [6.45, 7) is 4.25. The summed E-state index contributed by atoms with van der Waals surface area (Å²) in [6.07, 6.45) is 2.05. The van der Waals surface area contributed by atoms with Crippen molar-refractivity contribution in [3.8, 4) is 11.4 Å². The second kappa shape index (κ2) is 7.26. The van der Waals surface area contributed by atoms with Crippen LogP contribution in [0, 0.1) is 0 Å². The smallest absolute Gasteiger partial charge is 0.313 e. The van der Waals surface area contributed by atoms with Crippen LogP contribution in [0.15, 0.2) is 35.5 Å². The van der Waals surface area contributed by atoms with E-state index in [2.05, 4.69) is 24.0 Å². The van der Waals surface area contributed by atoms with Crippen LogP contribution in [0.4, 0.5) is 0 Å². The Kier molecular flexibility index (Phi) is 5.38. The third kappa shape index (κ3) is 3.85. The summed E-state index contributed by atoms with van der Waals surface area (Å²) in [5.74, 6) is -0.0606. The van der Waals surface area contributed by atoms with Gasteiger partial charge in [-0.1, -0.05) is 55.4 Å². The third-order valence-corrected chi connectivity index (χ3v) is 4.10. The fourth-order valence-corrected chi connectivity index (χ4v) is 2.99. The van der Waals surface area contributed by atoms with E-state index in [1.165, 1.54) is 11.8 Å². The summed E-state index contributed by atoms with van der Waals surface area (Å²) < 4.78 is 2.05. The highest BCUT2D eigenvalue weighted by Gasteiger charge is 2.19. The quantitative estimate of drug-likeness (QED) is 0.793. The van der Waals surface area contributed by atoms with Gasteiger partial charge in [0.1, 0.15) is 0 Å². The van der Waals surface area contributed by atoms with E-state index in [1.54, 1.807) is 0 Å². The van der Waals surface area contributed by atoms with Gasteiger partial charge in [-0.2, -0.15) is 0 Å². The van der Waals surface area contributed by atoms with E-state index in [4.69, 9.17) is 5.11 Å². The Labute approximate surface area is 128 Å². The minimum atomic E-state index is -0.848. The lowest BCUT2D eigenvalue weighted by atomic mass is 10.1. The van der Waals surface area contributed by atoms with Gasteiger partial charge in [0.05, 0.1) is 5.75 Å². The molecule has 0 aliphatic rings. The van der Waals surface area contributed by atoms with Crippen LogP contribution in [-0.2, 0) is 4.79 Å². The van der Waals surface area contributed by atoms with Gasteiger partial charge in [0.15, 0.2) is 11.0 Å². The number of hydrogen-bond acceptors (Lipinski definition) is 4. The first kappa shape index (κ1) is 15.6. The maximum atomic E-state index is 10.8. The number of aromatic nitrogens is 3. The maximum Gasteiger partial charge on any atom is 0.313 e. The van der Waals surface area contributed by atoms with Crippen LogP contribution in [0.1, 0.15) is 32.7 Å². The summed E-state index contributed by atoms with van der Waals surface area (Å²) in [5, 5.41) is 18.0. The van der Waals surface area contributed by atoms with Gasteiger partial charge in [-0.25, -0.2) is 0 Å². The number of nitrogens with zero attached hydrogens (tertiary/aromatic N) is 3. The Morgan fingerprint density at radius 3 is 2.67 bits per heavy atom. The van der Waals surface area contributed by atoms with Gasteiger partial charge >= 0.3 is 5.97 Å². The highest BCUT2D eigenvalue weighted by Crippen LogP contribution is 2.29. The fourth-order valence-electron chi connectivity index (χ4n) is 2.23. The molecule has 0 spiro atoms. The van der Waals surface area contributed by atoms with E-state index in [0.717, 1.165) is 24.2 Å².